The molecule has 1 fully saturated rings. The van der Waals surface area contributed by atoms with Gasteiger partial charge < -0.3 is 5.32 Å². The molecule has 1 heterocycles. The van der Waals surface area contributed by atoms with Gasteiger partial charge in [0, 0.05) is 24.7 Å². The normalized spacial score (nSPS) is 26.3. The molecule has 0 spiro atoms. The molecule has 3 atom stereocenters. The molecule has 2 nitrogen and oxygen atoms in total. The fraction of sp³-hybridized carbons (Fsp3) is 0.647. The molecule has 0 aromatic heterocycles. The Morgan fingerprint density at radius 3 is 2.37 bits per heavy atom. The molecule has 2 rings (SSSR count). The molecular formula is C17H28N2. The van der Waals surface area contributed by atoms with Gasteiger partial charge in [-0.05, 0) is 38.8 Å². The summed E-state index contributed by atoms with van der Waals surface area (Å²) in [6.45, 7) is 9.10. The number of benzene rings is 1. The lowest BCUT2D eigenvalue weighted by Crippen LogP contribution is -2.47. The van der Waals surface area contributed by atoms with E-state index in [0.29, 0.717) is 18.1 Å². The highest BCUT2D eigenvalue weighted by Gasteiger charge is 2.27. The minimum absolute atomic E-state index is 0.453. The average Bonchev–Trinajstić information content (AvgIpc) is 2.43. The van der Waals surface area contributed by atoms with Crippen molar-refractivity contribution in [3.63, 3.8) is 0 Å². The van der Waals surface area contributed by atoms with Crippen LogP contribution in [-0.4, -0.2) is 30.1 Å². The summed E-state index contributed by atoms with van der Waals surface area (Å²) in [7, 11) is 0. The molecule has 0 bridgehead atoms. The zero-order valence-corrected chi connectivity index (χ0v) is 12.6. The Morgan fingerprint density at radius 1 is 1.16 bits per heavy atom. The summed E-state index contributed by atoms with van der Waals surface area (Å²) in [5.74, 6) is 0. The standard InChI is InChI=1S/C17H28N2/c1-4-18-17(16-11-6-5-7-12-16)13-19-14(2)9-8-10-15(19)3/h5-7,11-12,14-15,17-18H,4,8-10,13H2,1-3H3/t14-,15+,17?. The predicted octanol–water partition coefficient (Wildman–Crippen LogP) is 3.60. The first-order chi connectivity index (χ1) is 9.22. The van der Waals surface area contributed by atoms with Gasteiger partial charge in [-0.3, -0.25) is 4.90 Å². The SMILES string of the molecule is CCNC(CN1[C@H](C)CCC[C@@H]1C)c1ccccc1. The van der Waals surface area contributed by atoms with Gasteiger partial charge in [0.2, 0.25) is 0 Å². The van der Waals surface area contributed by atoms with Gasteiger partial charge in [0.15, 0.2) is 0 Å². The van der Waals surface area contributed by atoms with Crippen LogP contribution in [0.3, 0.4) is 0 Å². The van der Waals surface area contributed by atoms with E-state index in [-0.39, 0.29) is 0 Å². The number of nitrogens with zero attached hydrogens (tertiary/aromatic N) is 1. The van der Waals surface area contributed by atoms with E-state index in [2.05, 4.69) is 61.3 Å². The van der Waals surface area contributed by atoms with E-state index in [1.165, 1.54) is 24.8 Å². The maximum atomic E-state index is 3.65. The molecule has 1 aliphatic rings. The third-order valence-corrected chi connectivity index (χ3v) is 4.42. The molecule has 1 saturated heterocycles. The Hall–Kier alpha value is -0.860. The number of hydrogen-bond acceptors (Lipinski definition) is 2. The summed E-state index contributed by atoms with van der Waals surface area (Å²) in [6, 6.07) is 12.8. The maximum absolute atomic E-state index is 3.65. The first-order valence-electron chi connectivity index (χ1n) is 7.76. The number of piperidine rings is 1. The molecule has 0 saturated carbocycles. The molecule has 0 radical (unpaired) electrons. The first kappa shape index (κ1) is 14.5. The summed E-state index contributed by atoms with van der Waals surface area (Å²) in [5, 5.41) is 3.65. The van der Waals surface area contributed by atoms with Crippen molar-refractivity contribution in [3.8, 4) is 0 Å². The molecule has 106 valence electrons. The zero-order chi connectivity index (χ0) is 13.7. The first-order valence-corrected chi connectivity index (χ1v) is 7.76. The lowest BCUT2D eigenvalue weighted by molar-refractivity contribution is 0.0911. The molecule has 1 unspecified atom stereocenters. The summed E-state index contributed by atoms with van der Waals surface area (Å²) in [4.78, 5) is 2.68. The van der Waals surface area contributed by atoms with Crippen LogP contribution in [0.1, 0.15) is 51.6 Å². The van der Waals surface area contributed by atoms with E-state index in [0.717, 1.165) is 13.1 Å². The molecule has 0 amide bonds. The molecule has 1 N–H and O–H groups in total. The zero-order valence-electron chi connectivity index (χ0n) is 12.6. The van der Waals surface area contributed by atoms with Crippen LogP contribution in [-0.2, 0) is 0 Å². The lowest BCUT2D eigenvalue weighted by atomic mass is 9.95. The average molecular weight is 260 g/mol. The van der Waals surface area contributed by atoms with Crippen LogP contribution in [0.25, 0.3) is 0 Å². The third-order valence-electron chi connectivity index (χ3n) is 4.42. The third kappa shape index (κ3) is 3.80. The van der Waals surface area contributed by atoms with Gasteiger partial charge in [0.25, 0.3) is 0 Å². The fourth-order valence-corrected chi connectivity index (χ4v) is 3.27. The van der Waals surface area contributed by atoms with Crippen molar-refractivity contribution in [1.82, 2.24) is 10.2 Å². The second-order valence-electron chi connectivity index (χ2n) is 5.85. The van der Waals surface area contributed by atoms with E-state index < -0.39 is 0 Å². The second kappa shape index (κ2) is 7.06. The Kier molecular flexibility index (Phi) is 5.41. The van der Waals surface area contributed by atoms with Crippen LogP contribution >= 0.6 is 0 Å². The summed E-state index contributed by atoms with van der Waals surface area (Å²) in [5.41, 5.74) is 1.41. The highest BCUT2D eigenvalue weighted by Crippen LogP contribution is 2.25. The number of likely N-dealkylation sites (N-methyl/N-ethyl adjacent to an activating group) is 1. The van der Waals surface area contributed by atoms with E-state index >= 15 is 0 Å². The van der Waals surface area contributed by atoms with Gasteiger partial charge in [-0.15, -0.1) is 0 Å². The summed E-state index contributed by atoms with van der Waals surface area (Å²) < 4.78 is 0. The van der Waals surface area contributed by atoms with Gasteiger partial charge in [-0.25, -0.2) is 0 Å². The Balaban J connectivity index is 2.07. The van der Waals surface area contributed by atoms with Crippen LogP contribution in [0.15, 0.2) is 30.3 Å². The number of hydrogen-bond donors (Lipinski definition) is 1. The second-order valence-corrected chi connectivity index (χ2v) is 5.85. The van der Waals surface area contributed by atoms with E-state index in [1.807, 2.05) is 0 Å². The molecular weight excluding hydrogens is 232 g/mol. The largest absolute Gasteiger partial charge is 0.309 e. The van der Waals surface area contributed by atoms with Crippen molar-refractivity contribution in [2.24, 2.45) is 0 Å². The maximum Gasteiger partial charge on any atom is 0.0449 e. The highest BCUT2D eigenvalue weighted by atomic mass is 15.2. The van der Waals surface area contributed by atoms with Crippen LogP contribution in [0.5, 0.6) is 0 Å². The fourth-order valence-electron chi connectivity index (χ4n) is 3.27. The monoisotopic (exact) mass is 260 g/mol. The van der Waals surface area contributed by atoms with Crippen molar-refractivity contribution in [2.75, 3.05) is 13.1 Å². The van der Waals surface area contributed by atoms with Gasteiger partial charge >= 0.3 is 0 Å². The highest BCUT2D eigenvalue weighted by molar-refractivity contribution is 5.19. The van der Waals surface area contributed by atoms with E-state index in [4.69, 9.17) is 0 Å². The van der Waals surface area contributed by atoms with E-state index in [1.54, 1.807) is 0 Å². The molecule has 2 heteroatoms. The molecule has 1 aliphatic heterocycles. The van der Waals surface area contributed by atoms with Crippen LogP contribution < -0.4 is 5.32 Å². The topological polar surface area (TPSA) is 15.3 Å². The van der Waals surface area contributed by atoms with Gasteiger partial charge in [-0.1, -0.05) is 43.7 Å². The van der Waals surface area contributed by atoms with Crippen molar-refractivity contribution in [1.29, 1.82) is 0 Å². The Morgan fingerprint density at radius 2 is 1.79 bits per heavy atom. The smallest absolute Gasteiger partial charge is 0.0449 e. The van der Waals surface area contributed by atoms with Crippen LogP contribution in [0.2, 0.25) is 0 Å². The van der Waals surface area contributed by atoms with Crippen molar-refractivity contribution < 1.29 is 0 Å². The lowest BCUT2D eigenvalue weighted by Gasteiger charge is -2.41. The minimum atomic E-state index is 0.453. The van der Waals surface area contributed by atoms with Crippen LogP contribution in [0, 0.1) is 0 Å². The number of rotatable bonds is 5. The van der Waals surface area contributed by atoms with E-state index in [9.17, 15) is 0 Å². The quantitative estimate of drug-likeness (QED) is 0.870. The van der Waals surface area contributed by atoms with Crippen LogP contribution in [0.4, 0.5) is 0 Å². The van der Waals surface area contributed by atoms with Crippen molar-refractivity contribution >= 4 is 0 Å². The molecule has 1 aromatic rings. The van der Waals surface area contributed by atoms with Crippen molar-refractivity contribution in [3.05, 3.63) is 35.9 Å². The van der Waals surface area contributed by atoms with Crippen molar-refractivity contribution in [2.45, 2.75) is 58.2 Å². The Bertz CT molecular complexity index is 353. The summed E-state index contributed by atoms with van der Waals surface area (Å²) >= 11 is 0. The Labute approximate surface area is 118 Å². The van der Waals surface area contributed by atoms with Gasteiger partial charge in [-0.2, -0.15) is 0 Å². The predicted molar refractivity (Wildman–Crippen MR) is 82.3 cm³/mol. The molecule has 0 aliphatic carbocycles. The van der Waals surface area contributed by atoms with Gasteiger partial charge in [0.1, 0.15) is 0 Å². The van der Waals surface area contributed by atoms with Gasteiger partial charge in [0.05, 0.1) is 0 Å². The number of likely N-dealkylation sites (tertiary alicyclic amines) is 1. The minimum Gasteiger partial charge on any atom is -0.309 e. The summed E-state index contributed by atoms with van der Waals surface area (Å²) in [6.07, 6.45) is 4.08. The molecule has 1 aromatic carbocycles. The molecule has 19 heavy (non-hydrogen) atoms. The number of nitrogens with one attached hydrogen (secondary N) is 1.